The number of sulfone groups is 1. The summed E-state index contributed by atoms with van der Waals surface area (Å²) in [6.07, 6.45) is 0.576. The number of carbonyl (C=O) groups excluding carboxylic acids is 1. The minimum atomic E-state index is -2.96. The van der Waals surface area contributed by atoms with Crippen LogP contribution < -0.4 is 16.0 Å². The molecule has 1 fully saturated rings. The average molecular weight is 375 g/mol. The Bertz CT molecular complexity index is 930. The van der Waals surface area contributed by atoms with E-state index in [1.165, 1.54) is 6.92 Å². The first-order valence-electron chi connectivity index (χ1n) is 8.26. The lowest BCUT2D eigenvalue weighted by atomic mass is 10.2. The molecule has 9 heteroatoms. The van der Waals surface area contributed by atoms with E-state index in [1.54, 1.807) is 25.1 Å². The van der Waals surface area contributed by atoms with E-state index in [-0.39, 0.29) is 23.5 Å². The number of nitrogens with zero attached hydrogens (tertiary/aromatic N) is 2. The normalized spacial score (nSPS) is 18.3. The third-order valence-corrected chi connectivity index (χ3v) is 5.65. The third kappa shape index (κ3) is 4.92. The molecule has 0 bridgehead atoms. The van der Waals surface area contributed by atoms with Crippen LogP contribution in [-0.2, 0) is 14.6 Å². The molecule has 26 heavy (non-hydrogen) atoms. The van der Waals surface area contributed by atoms with Gasteiger partial charge in [0.05, 0.1) is 11.5 Å². The Morgan fingerprint density at radius 2 is 1.88 bits per heavy atom. The van der Waals surface area contributed by atoms with E-state index in [0.717, 1.165) is 5.69 Å². The summed E-state index contributed by atoms with van der Waals surface area (Å²) in [5.74, 6) is 1.92. The molecule has 0 saturated carbocycles. The molecule has 3 rings (SSSR count). The number of hydrogen-bond donors (Lipinski definition) is 3. The van der Waals surface area contributed by atoms with Crippen molar-refractivity contribution in [1.29, 1.82) is 0 Å². The number of carbonyl (C=O) groups is 1. The van der Waals surface area contributed by atoms with Gasteiger partial charge >= 0.3 is 0 Å². The van der Waals surface area contributed by atoms with Crippen molar-refractivity contribution in [2.24, 2.45) is 0 Å². The molecule has 0 aliphatic carbocycles. The first-order chi connectivity index (χ1) is 12.3. The van der Waals surface area contributed by atoms with Gasteiger partial charge in [0, 0.05) is 30.4 Å². The SMILES string of the molecule is CC(=O)Nc1cccc(Nc2cc(NC3CCS(=O)(=O)C3)nc(C)n2)c1. The Kier molecular flexibility index (Phi) is 5.08. The summed E-state index contributed by atoms with van der Waals surface area (Å²) in [6.45, 7) is 3.23. The van der Waals surface area contributed by atoms with Crippen LogP contribution in [0.1, 0.15) is 19.2 Å². The average Bonchev–Trinajstić information content (AvgIpc) is 2.85. The molecule has 0 radical (unpaired) electrons. The Labute approximate surface area is 152 Å². The molecule has 3 N–H and O–H groups in total. The summed E-state index contributed by atoms with van der Waals surface area (Å²) in [4.78, 5) is 19.9. The number of benzene rings is 1. The lowest BCUT2D eigenvalue weighted by molar-refractivity contribution is -0.114. The second-order valence-corrected chi connectivity index (χ2v) is 8.55. The number of aryl methyl sites for hydroxylation is 1. The molecule has 2 heterocycles. The van der Waals surface area contributed by atoms with E-state index in [9.17, 15) is 13.2 Å². The lowest BCUT2D eigenvalue weighted by Gasteiger charge is -2.14. The molecule has 1 unspecified atom stereocenters. The van der Waals surface area contributed by atoms with E-state index in [0.29, 0.717) is 29.6 Å². The fraction of sp³-hybridized carbons (Fsp3) is 0.353. The monoisotopic (exact) mass is 375 g/mol. The van der Waals surface area contributed by atoms with Crippen molar-refractivity contribution in [3.63, 3.8) is 0 Å². The van der Waals surface area contributed by atoms with Gasteiger partial charge in [-0.15, -0.1) is 0 Å². The maximum absolute atomic E-state index is 11.6. The Morgan fingerprint density at radius 3 is 2.58 bits per heavy atom. The predicted octanol–water partition coefficient (Wildman–Crippen LogP) is 2.09. The number of hydrogen-bond acceptors (Lipinski definition) is 7. The van der Waals surface area contributed by atoms with E-state index in [1.807, 2.05) is 12.1 Å². The van der Waals surface area contributed by atoms with E-state index in [4.69, 9.17) is 0 Å². The fourth-order valence-corrected chi connectivity index (χ4v) is 4.52. The summed E-state index contributed by atoms with van der Waals surface area (Å²) >= 11 is 0. The molecule has 138 valence electrons. The standard InChI is InChI=1S/C17H21N5O3S/c1-11-18-16(21-14-5-3-4-13(8-14)20-12(2)23)9-17(19-11)22-15-6-7-26(24,25)10-15/h3-5,8-9,15H,6-7,10H2,1-2H3,(H,20,23)(H2,18,19,21,22). The first kappa shape index (κ1) is 18.1. The predicted molar refractivity (Wildman–Crippen MR) is 101 cm³/mol. The van der Waals surface area contributed by atoms with Crippen LogP contribution in [-0.4, -0.2) is 41.8 Å². The van der Waals surface area contributed by atoms with Crippen LogP contribution in [0.3, 0.4) is 0 Å². The molecule has 1 aliphatic heterocycles. The second-order valence-electron chi connectivity index (χ2n) is 6.32. The van der Waals surface area contributed by atoms with Crippen molar-refractivity contribution in [2.45, 2.75) is 26.3 Å². The molecule has 0 spiro atoms. The maximum Gasteiger partial charge on any atom is 0.221 e. The molecular formula is C17H21N5O3S. The van der Waals surface area contributed by atoms with Crippen LogP contribution in [0.4, 0.5) is 23.0 Å². The van der Waals surface area contributed by atoms with E-state index in [2.05, 4.69) is 25.9 Å². The highest BCUT2D eigenvalue weighted by Crippen LogP contribution is 2.22. The minimum absolute atomic E-state index is 0.123. The van der Waals surface area contributed by atoms with Crippen molar-refractivity contribution in [2.75, 3.05) is 27.5 Å². The zero-order valence-electron chi connectivity index (χ0n) is 14.6. The highest BCUT2D eigenvalue weighted by Gasteiger charge is 2.28. The Hall–Kier alpha value is -2.68. The molecule has 2 aromatic rings. The maximum atomic E-state index is 11.6. The molecule has 1 saturated heterocycles. The highest BCUT2D eigenvalue weighted by atomic mass is 32.2. The van der Waals surface area contributed by atoms with Gasteiger partial charge in [0.1, 0.15) is 17.5 Å². The van der Waals surface area contributed by atoms with Crippen molar-refractivity contribution < 1.29 is 13.2 Å². The Balaban J connectivity index is 1.74. The van der Waals surface area contributed by atoms with Gasteiger partial charge in [-0.1, -0.05) is 6.07 Å². The number of rotatable bonds is 5. The van der Waals surface area contributed by atoms with Crippen LogP contribution in [0.25, 0.3) is 0 Å². The largest absolute Gasteiger partial charge is 0.366 e. The van der Waals surface area contributed by atoms with Crippen LogP contribution in [0.15, 0.2) is 30.3 Å². The van der Waals surface area contributed by atoms with Gasteiger partial charge in [0.2, 0.25) is 5.91 Å². The third-order valence-electron chi connectivity index (χ3n) is 3.88. The number of nitrogens with one attached hydrogen (secondary N) is 3. The van der Waals surface area contributed by atoms with Crippen LogP contribution in [0.5, 0.6) is 0 Å². The molecule has 1 amide bonds. The summed E-state index contributed by atoms with van der Waals surface area (Å²) in [6, 6.07) is 8.89. The van der Waals surface area contributed by atoms with Crippen molar-refractivity contribution in [3.8, 4) is 0 Å². The van der Waals surface area contributed by atoms with Gasteiger partial charge in [-0.2, -0.15) is 0 Å². The fourth-order valence-electron chi connectivity index (χ4n) is 2.85. The lowest BCUT2D eigenvalue weighted by Crippen LogP contribution is -2.21. The van der Waals surface area contributed by atoms with Crippen LogP contribution >= 0.6 is 0 Å². The van der Waals surface area contributed by atoms with Crippen molar-refractivity contribution in [1.82, 2.24) is 9.97 Å². The number of amides is 1. The molecule has 8 nitrogen and oxygen atoms in total. The van der Waals surface area contributed by atoms with E-state index >= 15 is 0 Å². The molecule has 1 aromatic heterocycles. The highest BCUT2D eigenvalue weighted by molar-refractivity contribution is 7.91. The van der Waals surface area contributed by atoms with Gasteiger partial charge in [0.25, 0.3) is 0 Å². The molecular weight excluding hydrogens is 354 g/mol. The number of anilines is 4. The quantitative estimate of drug-likeness (QED) is 0.733. The number of aromatic nitrogens is 2. The van der Waals surface area contributed by atoms with Gasteiger partial charge in [0.15, 0.2) is 9.84 Å². The summed E-state index contributed by atoms with van der Waals surface area (Å²) in [7, 11) is -2.96. The van der Waals surface area contributed by atoms with E-state index < -0.39 is 9.84 Å². The topological polar surface area (TPSA) is 113 Å². The zero-order valence-corrected chi connectivity index (χ0v) is 15.4. The smallest absolute Gasteiger partial charge is 0.221 e. The van der Waals surface area contributed by atoms with Gasteiger partial charge < -0.3 is 16.0 Å². The molecule has 1 aromatic carbocycles. The Morgan fingerprint density at radius 1 is 1.15 bits per heavy atom. The van der Waals surface area contributed by atoms with Crippen LogP contribution in [0.2, 0.25) is 0 Å². The van der Waals surface area contributed by atoms with Crippen molar-refractivity contribution >= 4 is 38.8 Å². The van der Waals surface area contributed by atoms with Gasteiger partial charge in [-0.25, -0.2) is 18.4 Å². The summed E-state index contributed by atoms with van der Waals surface area (Å²) in [5.41, 5.74) is 1.45. The van der Waals surface area contributed by atoms with Gasteiger partial charge in [-0.05, 0) is 31.5 Å². The minimum Gasteiger partial charge on any atom is -0.366 e. The molecule has 1 atom stereocenters. The molecule has 1 aliphatic rings. The van der Waals surface area contributed by atoms with Crippen LogP contribution in [0, 0.1) is 6.92 Å². The van der Waals surface area contributed by atoms with Gasteiger partial charge in [-0.3, -0.25) is 4.79 Å². The summed E-state index contributed by atoms with van der Waals surface area (Å²) < 4.78 is 23.2. The first-order valence-corrected chi connectivity index (χ1v) is 10.1. The van der Waals surface area contributed by atoms with Crippen molar-refractivity contribution in [3.05, 3.63) is 36.2 Å². The zero-order chi connectivity index (χ0) is 18.7. The summed E-state index contributed by atoms with van der Waals surface area (Å²) in [5, 5.41) is 9.08. The second kappa shape index (κ2) is 7.28.